The van der Waals surface area contributed by atoms with Crippen molar-refractivity contribution in [2.45, 2.75) is 42.5 Å². The Morgan fingerprint density at radius 1 is 1.37 bits per heavy atom. The highest BCUT2D eigenvalue weighted by molar-refractivity contribution is 8.02. The van der Waals surface area contributed by atoms with E-state index in [-0.39, 0.29) is 49.3 Å². The van der Waals surface area contributed by atoms with Gasteiger partial charge in [-0.1, -0.05) is 30.3 Å². The van der Waals surface area contributed by atoms with E-state index in [0.717, 1.165) is 5.52 Å². The van der Waals surface area contributed by atoms with Gasteiger partial charge in [0.15, 0.2) is 0 Å². The number of hydrogen-bond acceptors (Lipinski definition) is 7. The predicted molar refractivity (Wildman–Crippen MR) is 129 cm³/mol. The van der Waals surface area contributed by atoms with Crippen LogP contribution in [0.1, 0.15) is 19.8 Å². The fourth-order valence-corrected chi connectivity index (χ4v) is 8.70. The molecule has 3 saturated heterocycles. The average Bonchev–Trinajstić information content (AvgIpc) is 3.55. The Labute approximate surface area is 206 Å². The van der Waals surface area contributed by atoms with E-state index in [0.29, 0.717) is 18.4 Å². The minimum Gasteiger partial charge on any atom is -0.481 e. The van der Waals surface area contributed by atoms with Crippen LogP contribution in [0.2, 0.25) is 0 Å². The Balaban J connectivity index is 1.54. The highest BCUT2D eigenvalue weighted by Gasteiger charge is 2.76. The van der Waals surface area contributed by atoms with Crippen molar-refractivity contribution in [3.63, 3.8) is 0 Å². The predicted octanol–water partition coefficient (Wildman–Crippen LogP) is 1.21. The Bertz CT molecular complexity index is 1190. The molecule has 11 heteroatoms. The van der Waals surface area contributed by atoms with Gasteiger partial charge < -0.3 is 20.0 Å². The number of carbonyl (C=O) groups excluding carboxylic acids is 2. The van der Waals surface area contributed by atoms with Gasteiger partial charge in [-0.05, 0) is 30.9 Å². The Kier molecular flexibility index (Phi) is 6.08. The fourth-order valence-electron chi connectivity index (χ4n) is 6.29. The van der Waals surface area contributed by atoms with Crippen molar-refractivity contribution in [2.75, 3.05) is 19.7 Å². The monoisotopic (exact) mass is 499 g/mol. The summed E-state index contributed by atoms with van der Waals surface area (Å²) < 4.78 is 0.824. The summed E-state index contributed by atoms with van der Waals surface area (Å²) in [7, 11) is 0. The first-order valence-corrected chi connectivity index (χ1v) is 12.7. The number of rotatable bonds is 9. The summed E-state index contributed by atoms with van der Waals surface area (Å²) in [6, 6.07) is 6.64. The zero-order valence-corrected chi connectivity index (χ0v) is 20.3. The van der Waals surface area contributed by atoms with Gasteiger partial charge in [0.1, 0.15) is 18.2 Å². The highest BCUT2D eigenvalue weighted by atomic mass is 32.2. The molecule has 1 aromatic heterocycles. The second kappa shape index (κ2) is 8.94. The molecule has 6 atom stereocenters. The fraction of sp³-hybridized carbons (Fsp3) is 0.542. The summed E-state index contributed by atoms with van der Waals surface area (Å²) >= 11 is 1.50. The molecule has 2 aromatic rings. The first-order valence-electron chi connectivity index (χ1n) is 11.8. The van der Waals surface area contributed by atoms with Crippen molar-refractivity contribution in [2.24, 2.45) is 17.8 Å². The smallest absolute Gasteiger partial charge is 0.308 e. The molecule has 10 nitrogen and oxygen atoms in total. The molecular weight excluding hydrogens is 470 g/mol. The third-order valence-corrected chi connectivity index (χ3v) is 9.78. The largest absolute Gasteiger partial charge is 0.481 e. The SMILES string of the molecule is C=CCN(Cn1nnc2ccccc21)C(=O)C1N(CCCO)C(=O)[C@@H]2[C@H](C(=O)O)[C@@H]3CC(C)C12S3. The molecule has 0 saturated carbocycles. The topological polar surface area (TPSA) is 129 Å². The number of amides is 2. The zero-order chi connectivity index (χ0) is 24.9. The van der Waals surface area contributed by atoms with Crippen LogP contribution in [0.25, 0.3) is 11.0 Å². The molecule has 35 heavy (non-hydrogen) atoms. The number of aromatic nitrogens is 3. The number of thioether (sulfide) groups is 1. The van der Waals surface area contributed by atoms with Gasteiger partial charge in [0.25, 0.3) is 0 Å². The first kappa shape index (κ1) is 23.8. The molecule has 2 N–H and O–H groups in total. The number of nitrogens with zero attached hydrogens (tertiary/aromatic N) is 5. The van der Waals surface area contributed by atoms with Crippen molar-refractivity contribution in [1.82, 2.24) is 24.8 Å². The molecule has 5 rings (SSSR count). The molecule has 0 aliphatic carbocycles. The molecule has 2 amide bonds. The standard InChI is InChI=1S/C24H29N5O5S/c1-3-9-27(13-29-16-8-5-4-7-15(16)25-26-29)22(32)20-24-14(2)12-17(35-24)18(23(33)34)19(24)21(31)28(20)10-6-11-30/h3-5,7-8,14,17-20,30H,1,6,9-13H2,2H3,(H,33,34)/t14?,17-,18+,19-,20?,24?/m0/s1. The summed E-state index contributed by atoms with van der Waals surface area (Å²) in [4.78, 5) is 43.3. The lowest BCUT2D eigenvalue weighted by atomic mass is 9.66. The van der Waals surface area contributed by atoms with Crippen LogP contribution in [0.4, 0.5) is 0 Å². The van der Waals surface area contributed by atoms with Crippen LogP contribution in [0.5, 0.6) is 0 Å². The van der Waals surface area contributed by atoms with Crippen molar-refractivity contribution in [3.05, 3.63) is 36.9 Å². The molecule has 186 valence electrons. The summed E-state index contributed by atoms with van der Waals surface area (Å²) in [6.45, 7) is 6.25. The lowest BCUT2D eigenvalue weighted by Gasteiger charge is -2.40. The summed E-state index contributed by atoms with van der Waals surface area (Å²) in [5.74, 6) is -3.12. The quantitative estimate of drug-likeness (QED) is 0.493. The maximum atomic E-state index is 14.3. The van der Waals surface area contributed by atoms with Gasteiger partial charge >= 0.3 is 5.97 Å². The zero-order valence-electron chi connectivity index (χ0n) is 19.5. The average molecular weight is 500 g/mol. The van der Waals surface area contributed by atoms with Gasteiger partial charge in [-0.3, -0.25) is 14.4 Å². The lowest BCUT2D eigenvalue weighted by Crippen LogP contribution is -2.57. The van der Waals surface area contributed by atoms with E-state index in [2.05, 4.69) is 16.9 Å². The maximum absolute atomic E-state index is 14.3. The van der Waals surface area contributed by atoms with Crippen molar-refractivity contribution >= 4 is 40.6 Å². The van der Waals surface area contributed by atoms with Crippen LogP contribution < -0.4 is 0 Å². The minimum atomic E-state index is -0.984. The van der Waals surface area contributed by atoms with E-state index in [9.17, 15) is 24.6 Å². The van der Waals surface area contributed by atoms with Crippen LogP contribution in [0.3, 0.4) is 0 Å². The molecule has 4 heterocycles. The number of carboxylic acids is 1. The number of carboxylic acid groups (broad SMARTS) is 1. The van der Waals surface area contributed by atoms with E-state index in [1.807, 2.05) is 31.2 Å². The third-order valence-electron chi connectivity index (χ3n) is 7.71. The van der Waals surface area contributed by atoms with Crippen LogP contribution >= 0.6 is 11.8 Å². The van der Waals surface area contributed by atoms with Gasteiger partial charge in [-0.25, -0.2) is 4.68 Å². The molecule has 3 aliphatic rings. The molecule has 1 aromatic carbocycles. The first-order chi connectivity index (χ1) is 16.8. The van der Waals surface area contributed by atoms with Crippen molar-refractivity contribution in [1.29, 1.82) is 0 Å². The maximum Gasteiger partial charge on any atom is 0.308 e. The molecular formula is C24H29N5O5S. The molecule has 2 bridgehead atoms. The van der Waals surface area contributed by atoms with Crippen molar-refractivity contribution in [3.8, 4) is 0 Å². The van der Waals surface area contributed by atoms with Crippen LogP contribution in [0, 0.1) is 17.8 Å². The van der Waals surface area contributed by atoms with Gasteiger partial charge in [0.05, 0.1) is 22.1 Å². The minimum absolute atomic E-state index is 0.00657. The number of likely N-dealkylation sites (tertiary alicyclic amines) is 1. The Hall–Kier alpha value is -2.92. The Morgan fingerprint density at radius 2 is 2.14 bits per heavy atom. The van der Waals surface area contributed by atoms with Crippen LogP contribution in [0.15, 0.2) is 36.9 Å². The van der Waals surface area contributed by atoms with Gasteiger partial charge in [-0.15, -0.1) is 23.4 Å². The van der Waals surface area contributed by atoms with E-state index >= 15 is 0 Å². The van der Waals surface area contributed by atoms with E-state index in [1.54, 1.807) is 15.7 Å². The molecule has 3 aliphatic heterocycles. The number of aliphatic hydroxyl groups excluding tert-OH is 1. The van der Waals surface area contributed by atoms with Gasteiger partial charge in [-0.2, -0.15) is 0 Å². The van der Waals surface area contributed by atoms with Crippen LogP contribution in [-0.2, 0) is 21.1 Å². The molecule has 3 fully saturated rings. The molecule has 1 spiro atoms. The van der Waals surface area contributed by atoms with Gasteiger partial charge in [0, 0.05) is 24.9 Å². The van der Waals surface area contributed by atoms with Gasteiger partial charge in [0.2, 0.25) is 11.8 Å². The summed E-state index contributed by atoms with van der Waals surface area (Å²) in [6.07, 6.45) is 2.59. The van der Waals surface area contributed by atoms with E-state index in [4.69, 9.17) is 0 Å². The number of fused-ring (bicyclic) bond motifs is 2. The summed E-state index contributed by atoms with van der Waals surface area (Å²) in [5.41, 5.74) is 1.49. The molecule has 3 unspecified atom stereocenters. The summed E-state index contributed by atoms with van der Waals surface area (Å²) in [5, 5.41) is 27.6. The number of benzene rings is 1. The third kappa shape index (κ3) is 3.47. The van der Waals surface area contributed by atoms with Crippen molar-refractivity contribution < 1.29 is 24.6 Å². The highest BCUT2D eigenvalue weighted by Crippen LogP contribution is 2.68. The number of para-hydroxylation sites is 1. The van der Waals surface area contributed by atoms with E-state index in [1.165, 1.54) is 16.7 Å². The van der Waals surface area contributed by atoms with E-state index < -0.39 is 28.6 Å². The Morgan fingerprint density at radius 3 is 2.86 bits per heavy atom. The number of carbonyl (C=O) groups is 3. The molecule has 0 radical (unpaired) electrons. The normalized spacial score (nSPS) is 31.2. The van der Waals surface area contributed by atoms with Crippen LogP contribution in [-0.4, -0.2) is 88.5 Å². The lowest BCUT2D eigenvalue weighted by molar-refractivity contribution is -0.149. The second-order valence-corrected chi connectivity index (χ2v) is 11.1. The number of aliphatic hydroxyl groups is 1. The second-order valence-electron chi connectivity index (χ2n) is 9.57. The number of aliphatic carboxylic acids is 1. The number of hydrogen-bond donors (Lipinski definition) is 2.